The van der Waals surface area contributed by atoms with Gasteiger partial charge in [0, 0.05) is 19.0 Å². The summed E-state index contributed by atoms with van der Waals surface area (Å²) in [7, 11) is -0.862. The van der Waals surface area contributed by atoms with Crippen LogP contribution in [-0.4, -0.2) is 55.8 Å². The van der Waals surface area contributed by atoms with Gasteiger partial charge < -0.3 is 14.1 Å². The number of benzene rings is 1. The lowest BCUT2D eigenvalue weighted by atomic mass is 10.0. The third kappa shape index (κ3) is 4.72. The van der Waals surface area contributed by atoms with Crippen molar-refractivity contribution in [1.29, 1.82) is 0 Å². The van der Waals surface area contributed by atoms with E-state index < -0.39 is 31.2 Å². The Balaban J connectivity index is 2.41. The summed E-state index contributed by atoms with van der Waals surface area (Å²) in [6.07, 6.45) is -0.0200. The van der Waals surface area contributed by atoms with Gasteiger partial charge in [-0.3, -0.25) is 14.9 Å². The van der Waals surface area contributed by atoms with Crippen molar-refractivity contribution >= 4 is 25.9 Å². The smallest absolute Gasteiger partial charge is 0.328 e. The molecule has 1 aromatic carbocycles. The van der Waals surface area contributed by atoms with Crippen LogP contribution >= 0.6 is 0 Å². The van der Waals surface area contributed by atoms with Crippen LogP contribution in [0.3, 0.4) is 0 Å². The lowest BCUT2D eigenvalue weighted by Gasteiger charge is -2.38. The molecule has 2 atom stereocenters. The fraction of sp³-hybridized carbons (Fsp3) is 0.619. The van der Waals surface area contributed by atoms with Gasteiger partial charge in [0.05, 0.1) is 18.1 Å². The topological polar surface area (TPSA) is 99.0 Å². The van der Waals surface area contributed by atoms with Crippen LogP contribution < -0.4 is 0 Å². The van der Waals surface area contributed by atoms with Gasteiger partial charge in [-0.05, 0) is 49.2 Å². The van der Waals surface area contributed by atoms with Crippen molar-refractivity contribution in [3.63, 3.8) is 0 Å². The molecule has 0 spiro atoms. The van der Waals surface area contributed by atoms with Gasteiger partial charge >= 0.3 is 5.97 Å². The second-order valence-electron chi connectivity index (χ2n) is 9.44. The number of hydrogen-bond donors (Lipinski definition) is 0. The highest BCUT2D eigenvalue weighted by Gasteiger charge is 2.46. The van der Waals surface area contributed by atoms with Crippen LogP contribution in [0.5, 0.6) is 0 Å². The van der Waals surface area contributed by atoms with Crippen molar-refractivity contribution in [1.82, 2.24) is 4.90 Å². The summed E-state index contributed by atoms with van der Waals surface area (Å²) in [5.41, 5.74) is 1.21. The van der Waals surface area contributed by atoms with Gasteiger partial charge in [-0.15, -0.1) is 0 Å². The maximum absolute atomic E-state index is 13.3. The number of carbonyl (C=O) groups is 2. The highest BCUT2D eigenvalue weighted by molar-refractivity contribution is 6.74. The Morgan fingerprint density at radius 2 is 1.77 bits per heavy atom. The molecule has 0 radical (unpaired) electrons. The number of ether oxygens (including phenoxy) is 1. The molecule has 0 N–H and O–H groups in total. The minimum Gasteiger partial charge on any atom is -0.467 e. The Morgan fingerprint density at radius 3 is 2.27 bits per heavy atom. The second kappa shape index (κ2) is 8.47. The van der Waals surface area contributed by atoms with Crippen LogP contribution in [0.4, 0.5) is 5.69 Å². The first-order valence-electron chi connectivity index (χ1n) is 10.0. The van der Waals surface area contributed by atoms with Gasteiger partial charge in [0.1, 0.15) is 11.6 Å². The van der Waals surface area contributed by atoms with E-state index in [-0.39, 0.29) is 28.9 Å². The minimum absolute atomic E-state index is 0.0232. The van der Waals surface area contributed by atoms with Gasteiger partial charge in [-0.25, -0.2) is 4.79 Å². The molecule has 0 saturated carbocycles. The molecule has 0 bridgehead atoms. The van der Waals surface area contributed by atoms with Crippen molar-refractivity contribution in [2.75, 3.05) is 13.7 Å². The van der Waals surface area contributed by atoms with Crippen LogP contribution in [0.15, 0.2) is 12.1 Å². The number of nitro benzene ring substituents is 1. The molecule has 1 saturated heterocycles. The van der Waals surface area contributed by atoms with E-state index in [0.717, 1.165) is 11.1 Å². The number of hydrogen-bond acceptors (Lipinski definition) is 6. The standard InChI is InChI=1S/C21H32N2O6Si/c1-13-9-16(17(23(26)27)10-14(13)2)19(24)22-12-15(11-18(22)20(25)28-6)29-30(7,8)21(3,4)5/h9-10,15,18H,11-12H2,1-8H3/t15-,18+/m1/s1. The molecule has 1 amide bonds. The van der Waals surface area contributed by atoms with E-state index in [9.17, 15) is 19.7 Å². The zero-order valence-electron chi connectivity index (χ0n) is 19.1. The average Bonchev–Trinajstić information content (AvgIpc) is 3.04. The van der Waals surface area contributed by atoms with Gasteiger partial charge in [0.15, 0.2) is 8.32 Å². The van der Waals surface area contributed by atoms with Crippen molar-refractivity contribution in [3.05, 3.63) is 38.9 Å². The van der Waals surface area contributed by atoms with E-state index in [0.29, 0.717) is 6.42 Å². The molecule has 1 aliphatic heterocycles. The Labute approximate surface area is 178 Å². The molecule has 1 aliphatic rings. The number of nitro groups is 1. The van der Waals surface area contributed by atoms with E-state index in [1.165, 1.54) is 24.1 Å². The summed E-state index contributed by atoms with van der Waals surface area (Å²) in [5, 5.41) is 11.5. The van der Waals surface area contributed by atoms with Gasteiger partial charge in [-0.1, -0.05) is 20.8 Å². The van der Waals surface area contributed by atoms with E-state index >= 15 is 0 Å². The summed E-state index contributed by atoms with van der Waals surface area (Å²) in [4.78, 5) is 38.1. The molecule has 8 nitrogen and oxygen atoms in total. The number of nitrogens with zero attached hydrogens (tertiary/aromatic N) is 2. The van der Waals surface area contributed by atoms with E-state index in [4.69, 9.17) is 9.16 Å². The number of likely N-dealkylation sites (tertiary alicyclic amines) is 1. The average molecular weight is 437 g/mol. The number of esters is 1. The third-order valence-electron chi connectivity index (χ3n) is 6.30. The molecule has 166 valence electrons. The van der Waals surface area contributed by atoms with Crippen LogP contribution in [0.1, 0.15) is 48.7 Å². The van der Waals surface area contributed by atoms with Gasteiger partial charge in [0.2, 0.25) is 0 Å². The monoisotopic (exact) mass is 436 g/mol. The number of amides is 1. The quantitative estimate of drug-likeness (QED) is 0.299. The lowest BCUT2D eigenvalue weighted by molar-refractivity contribution is -0.385. The SMILES string of the molecule is COC(=O)[C@@H]1C[C@@H](O[Si](C)(C)C(C)(C)C)CN1C(=O)c1cc(C)c(C)cc1[N+](=O)[O-]. The van der Waals surface area contributed by atoms with Crippen LogP contribution in [-0.2, 0) is 14.0 Å². The van der Waals surface area contributed by atoms with Crippen molar-refractivity contribution in [2.45, 2.75) is 71.3 Å². The predicted molar refractivity (Wildman–Crippen MR) is 116 cm³/mol. The maximum Gasteiger partial charge on any atom is 0.328 e. The Bertz CT molecular complexity index is 862. The van der Waals surface area contributed by atoms with Crippen LogP contribution in [0, 0.1) is 24.0 Å². The Hall–Kier alpha value is -2.26. The van der Waals surface area contributed by atoms with Crippen molar-refractivity contribution in [3.8, 4) is 0 Å². The largest absolute Gasteiger partial charge is 0.467 e. The summed E-state index contributed by atoms with van der Waals surface area (Å²) in [5.74, 6) is -1.10. The van der Waals surface area contributed by atoms with Crippen LogP contribution in [0.2, 0.25) is 18.1 Å². The number of carbonyl (C=O) groups excluding carboxylic acids is 2. The molecular formula is C21H32N2O6Si. The zero-order valence-corrected chi connectivity index (χ0v) is 20.1. The first-order valence-corrected chi connectivity index (χ1v) is 12.9. The Kier molecular flexibility index (Phi) is 6.78. The molecule has 1 heterocycles. The highest BCUT2D eigenvalue weighted by Crippen LogP contribution is 2.39. The molecule has 0 aromatic heterocycles. The summed E-state index contributed by atoms with van der Waals surface area (Å²) >= 11 is 0. The fourth-order valence-electron chi connectivity index (χ4n) is 3.34. The van der Waals surface area contributed by atoms with E-state index in [2.05, 4.69) is 33.9 Å². The lowest BCUT2D eigenvalue weighted by Crippen LogP contribution is -2.45. The number of rotatable bonds is 5. The third-order valence-corrected chi connectivity index (χ3v) is 10.8. The normalized spacial score (nSPS) is 19.7. The molecule has 30 heavy (non-hydrogen) atoms. The van der Waals surface area contributed by atoms with E-state index in [1.54, 1.807) is 13.8 Å². The number of aryl methyl sites for hydroxylation is 2. The number of methoxy groups -OCH3 is 1. The van der Waals surface area contributed by atoms with Crippen molar-refractivity contribution in [2.24, 2.45) is 0 Å². The van der Waals surface area contributed by atoms with E-state index in [1.807, 2.05) is 0 Å². The summed E-state index contributed by atoms with van der Waals surface area (Å²) in [6, 6.07) is 2.08. The molecule has 0 unspecified atom stereocenters. The summed E-state index contributed by atoms with van der Waals surface area (Å²) < 4.78 is 11.3. The van der Waals surface area contributed by atoms with Gasteiger partial charge in [-0.2, -0.15) is 0 Å². The first-order chi connectivity index (χ1) is 13.7. The molecular weight excluding hydrogens is 404 g/mol. The summed E-state index contributed by atoms with van der Waals surface area (Å²) in [6.45, 7) is 14.3. The zero-order chi connectivity index (χ0) is 23.0. The molecule has 2 rings (SSSR count). The molecule has 1 fully saturated rings. The molecule has 1 aromatic rings. The second-order valence-corrected chi connectivity index (χ2v) is 14.2. The van der Waals surface area contributed by atoms with Crippen LogP contribution in [0.25, 0.3) is 0 Å². The molecule has 9 heteroatoms. The maximum atomic E-state index is 13.3. The Morgan fingerprint density at radius 1 is 1.20 bits per heavy atom. The first kappa shape index (κ1) is 24.0. The fourth-order valence-corrected chi connectivity index (χ4v) is 4.70. The van der Waals surface area contributed by atoms with Crippen molar-refractivity contribution < 1.29 is 23.7 Å². The highest BCUT2D eigenvalue weighted by atomic mass is 28.4. The molecule has 0 aliphatic carbocycles. The minimum atomic E-state index is -2.13. The predicted octanol–water partition coefficient (Wildman–Crippen LogP) is 3.99. The van der Waals surface area contributed by atoms with Gasteiger partial charge in [0.25, 0.3) is 11.6 Å².